The summed E-state index contributed by atoms with van der Waals surface area (Å²) < 4.78 is 5.11. The molecule has 2 atom stereocenters. The van der Waals surface area contributed by atoms with Crippen LogP contribution < -0.4 is 15.4 Å². The van der Waals surface area contributed by atoms with Gasteiger partial charge < -0.3 is 15.4 Å². The first-order chi connectivity index (χ1) is 10.5. The van der Waals surface area contributed by atoms with Crippen LogP contribution in [0.25, 0.3) is 0 Å². The lowest BCUT2D eigenvalue weighted by molar-refractivity contribution is -0.127. The van der Waals surface area contributed by atoms with E-state index in [1.165, 1.54) is 0 Å². The number of carbonyl (C=O) groups is 2. The van der Waals surface area contributed by atoms with E-state index in [0.29, 0.717) is 13.0 Å². The highest BCUT2D eigenvalue weighted by Gasteiger charge is 2.47. The van der Waals surface area contributed by atoms with Crippen LogP contribution in [-0.4, -0.2) is 31.5 Å². The first-order valence-electron chi connectivity index (χ1n) is 7.72. The van der Waals surface area contributed by atoms with Gasteiger partial charge in [-0.1, -0.05) is 12.1 Å². The van der Waals surface area contributed by atoms with Crippen molar-refractivity contribution in [2.24, 2.45) is 11.8 Å². The molecule has 0 aromatic heterocycles. The third kappa shape index (κ3) is 4.48. The van der Waals surface area contributed by atoms with Crippen LogP contribution in [0.1, 0.15) is 25.8 Å². The van der Waals surface area contributed by atoms with Crippen LogP contribution >= 0.6 is 0 Å². The molecule has 1 fully saturated rings. The van der Waals surface area contributed by atoms with Gasteiger partial charge in [0.1, 0.15) is 5.75 Å². The molecule has 1 aliphatic carbocycles. The predicted molar refractivity (Wildman–Crippen MR) is 84.6 cm³/mol. The molecule has 2 amide bonds. The van der Waals surface area contributed by atoms with Crippen LogP contribution in [0.2, 0.25) is 0 Å². The molecule has 0 bridgehead atoms. The number of amides is 2. The van der Waals surface area contributed by atoms with Crippen LogP contribution in [0.3, 0.4) is 0 Å². The SMILES string of the molecule is COc1ccc(CCNC(=O)C2CC2C(=O)NC(C)C)cc1. The molecule has 0 spiro atoms. The number of nitrogens with one attached hydrogen (secondary N) is 2. The first kappa shape index (κ1) is 16.3. The average Bonchev–Trinajstić information content (AvgIpc) is 3.28. The minimum absolute atomic E-state index is 0.00898. The Labute approximate surface area is 131 Å². The maximum absolute atomic E-state index is 12.0. The van der Waals surface area contributed by atoms with Crippen molar-refractivity contribution >= 4 is 11.8 Å². The number of hydrogen-bond acceptors (Lipinski definition) is 3. The average molecular weight is 304 g/mol. The summed E-state index contributed by atoms with van der Waals surface area (Å²) in [5, 5.41) is 5.76. The van der Waals surface area contributed by atoms with Gasteiger partial charge in [0.15, 0.2) is 0 Å². The third-order valence-corrected chi connectivity index (χ3v) is 3.77. The Morgan fingerprint density at radius 3 is 2.41 bits per heavy atom. The number of ether oxygens (including phenoxy) is 1. The summed E-state index contributed by atoms with van der Waals surface area (Å²) in [5.74, 6) is 0.491. The fourth-order valence-corrected chi connectivity index (χ4v) is 2.42. The van der Waals surface area contributed by atoms with Crippen molar-refractivity contribution in [2.75, 3.05) is 13.7 Å². The maximum atomic E-state index is 12.0. The van der Waals surface area contributed by atoms with E-state index in [-0.39, 0.29) is 29.7 Å². The van der Waals surface area contributed by atoms with Crippen LogP contribution in [0.5, 0.6) is 5.75 Å². The molecule has 0 saturated heterocycles. The zero-order valence-electron chi connectivity index (χ0n) is 13.4. The molecule has 22 heavy (non-hydrogen) atoms. The van der Waals surface area contributed by atoms with E-state index in [1.807, 2.05) is 38.1 Å². The number of benzene rings is 1. The second kappa shape index (κ2) is 7.29. The molecule has 5 heteroatoms. The van der Waals surface area contributed by atoms with E-state index in [1.54, 1.807) is 7.11 Å². The van der Waals surface area contributed by atoms with E-state index in [2.05, 4.69) is 10.6 Å². The molecule has 2 rings (SSSR count). The Hall–Kier alpha value is -2.04. The topological polar surface area (TPSA) is 67.4 Å². The molecular formula is C17H24N2O3. The summed E-state index contributed by atoms with van der Waals surface area (Å²) in [6, 6.07) is 7.91. The van der Waals surface area contributed by atoms with E-state index >= 15 is 0 Å². The normalized spacial score (nSPS) is 19.6. The van der Waals surface area contributed by atoms with Crippen LogP contribution in [0, 0.1) is 11.8 Å². The molecule has 120 valence electrons. The minimum atomic E-state index is -0.158. The second-order valence-electron chi connectivity index (χ2n) is 6.00. The monoisotopic (exact) mass is 304 g/mol. The van der Waals surface area contributed by atoms with Crippen molar-refractivity contribution in [3.05, 3.63) is 29.8 Å². The van der Waals surface area contributed by atoms with E-state index < -0.39 is 0 Å². The Bertz CT molecular complexity index is 525. The summed E-state index contributed by atoms with van der Waals surface area (Å²) in [4.78, 5) is 23.8. The number of rotatable bonds is 7. The fraction of sp³-hybridized carbons (Fsp3) is 0.529. The first-order valence-corrected chi connectivity index (χ1v) is 7.72. The third-order valence-electron chi connectivity index (χ3n) is 3.77. The van der Waals surface area contributed by atoms with Gasteiger partial charge in [-0.3, -0.25) is 9.59 Å². The molecule has 1 aromatic rings. The lowest BCUT2D eigenvalue weighted by atomic mass is 10.1. The summed E-state index contributed by atoms with van der Waals surface area (Å²) in [7, 11) is 1.64. The van der Waals surface area contributed by atoms with Crippen LogP contribution in [-0.2, 0) is 16.0 Å². The number of hydrogen-bond donors (Lipinski definition) is 2. The molecule has 1 saturated carbocycles. The van der Waals surface area contributed by atoms with Crippen molar-refractivity contribution < 1.29 is 14.3 Å². The molecule has 2 N–H and O–H groups in total. The van der Waals surface area contributed by atoms with Gasteiger partial charge >= 0.3 is 0 Å². The lowest BCUT2D eigenvalue weighted by Crippen LogP contribution is -2.34. The van der Waals surface area contributed by atoms with Gasteiger partial charge in [0.25, 0.3) is 0 Å². The minimum Gasteiger partial charge on any atom is -0.497 e. The highest BCUT2D eigenvalue weighted by atomic mass is 16.5. The van der Waals surface area contributed by atoms with Gasteiger partial charge in [-0.2, -0.15) is 0 Å². The van der Waals surface area contributed by atoms with Crippen molar-refractivity contribution in [3.8, 4) is 5.75 Å². The van der Waals surface area contributed by atoms with Crippen LogP contribution in [0.15, 0.2) is 24.3 Å². The van der Waals surface area contributed by atoms with Crippen molar-refractivity contribution in [1.82, 2.24) is 10.6 Å². The Balaban J connectivity index is 1.69. The lowest BCUT2D eigenvalue weighted by Gasteiger charge is -2.08. The standard InChI is InChI=1S/C17H24N2O3/c1-11(2)19-17(21)15-10-14(15)16(20)18-9-8-12-4-6-13(22-3)7-5-12/h4-7,11,14-15H,8-10H2,1-3H3,(H,18,20)(H,19,21). The summed E-state index contributed by atoms with van der Waals surface area (Å²) in [5.41, 5.74) is 1.14. The van der Waals surface area contributed by atoms with Gasteiger partial charge in [0.2, 0.25) is 11.8 Å². The summed E-state index contributed by atoms with van der Waals surface area (Å²) in [6.45, 7) is 4.43. The van der Waals surface area contributed by atoms with Gasteiger partial charge in [0, 0.05) is 12.6 Å². The Kier molecular flexibility index (Phi) is 5.41. The molecular weight excluding hydrogens is 280 g/mol. The quantitative estimate of drug-likeness (QED) is 0.802. The van der Waals surface area contributed by atoms with Gasteiger partial charge in [0.05, 0.1) is 18.9 Å². The van der Waals surface area contributed by atoms with Crippen molar-refractivity contribution in [3.63, 3.8) is 0 Å². The number of carbonyl (C=O) groups excluding carboxylic acids is 2. The highest BCUT2D eigenvalue weighted by molar-refractivity contribution is 5.92. The van der Waals surface area contributed by atoms with Gasteiger partial charge in [-0.05, 0) is 44.4 Å². The van der Waals surface area contributed by atoms with E-state index in [0.717, 1.165) is 17.7 Å². The highest BCUT2D eigenvalue weighted by Crippen LogP contribution is 2.38. The maximum Gasteiger partial charge on any atom is 0.224 e. The molecule has 1 aromatic carbocycles. The fourth-order valence-electron chi connectivity index (χ4n) is 2.42. The smallest absolute Gasteiger partial charge is 0.224 e. The van der Waals surface area contributed by atoms with Crippen molar-refractivity contribution in [1.29, 1.82) is 0 Å². The predicted octanol–water partition coefficient (Wildman–Crippen LogP) is 1.51. The Morgan fingerprint density at radius 2 is 1.82 bits per heavy atom. The zero-order chi connectivity index (χ0) is 16.1. The van der Waals surface area contributed by atoms with Gasteiger partial charge in [-0.25, -0.2) is 0 Å². The van der Waals surface area contributed by atoms with E-state index in [4.69, 9.17) is 4.74 Å². The van der Waals surface area contributed by atoms with Crippen molar-refractivity contribution in [2.45, 2.75) is 32.7 Å². The molecule has 0 radical (unpaired) electrons. The second-order valence-corrected chi connectivity index (χ2v) is 6.00. The van der Waals surface area contributed by atoms with Crippen LogP contribution in [0.4, 0.5) is 0 Å². The van der Waals surface area contributed by atoms with E-state index in [9.17, 15) is 9.59 Å². The largest absolute Gasteiger partial charge is 0.497 e. The molecule has 0 aliphatic heterocycles. The number of methoxy groups -OCH3 is 1. The van der Waals surface area contributed by atoms with Gasteiger partial charge in [-0.15, -0.1) is 0 Å². The molecule has 2 unspecified atom stereocenters. The summed E-state index contributed by atoms with van der Waals surface area (Å²) >= 11 is 0. The Morgan fingerprint density at radius 1 is 1.18 bits per heavy atom. The summed E-state index contributed by atoms with van der Waals surface area (Å²) in [6.07, 6.45) is 1.43. The molecule has 0 heterocycles. The molecule has 5 nitrogen and oxygen atoms in total. The molecule has 1 aliphatic rings. The zero-order valence-corrected chi connectivity index (χ0v) is 13.4.